The van der Waals surface area contributed by atoms with Crippen LogP contribution in [0.2, 0.25) is 0 Å². The zero-order valence-corrected chi connectivity index (χ0v) is 7.94. The molecule has 1 heterocycles. The Morgan fingerprint density at radius 3 is 2.85 bits per heavy atom. The first kappa shape index (κ1) is 9.80. The van der Waals surface area contributed by atoms with E-state index in [1.807, 2.05) is 6.92 Å². The zero-order chi connectivity index (χ0) is 9.84. The van der Waals surface area contributed by atoms with Gasteiger partial charge in [0.1, 0.15) is 11.8 Å². The minimum Gasteiger partial charge on any atom is -0.374 e. The van der Waals surface area contributed by atoms with Crippen LogP contribution < -0.4 is 0 Å². The molecular formula is C9H12N2O2. The van der Waals surface area contributed by atoms with Crippen molar-refractivity contribution in [3.8, 4) is 0 Å². The molecule has 0 bridgehead atoms. The van der Waals surface area contributed by atoms with E-state index in [2.05, 4.69) is 9.97 Å². The van der Waals surface area contributed by atoms with Crippen LogP contribution in [0.25, 0.3) is 0 Å². The largest absolute Gasteiger partial charge is 0.374 e. The van der Waals surface area contributed by atoms with E-state index in [0.717, 1.165) is 0 Å². The van der Waals surface area contributed by atoms with Crippen LogP contribution in [0.5, 0.6) is 0 Å². The Hall–Kier alpha value is -1.29. The Labute approximate surface area is 77.0 Å². The van der Waals surface area contributed by atoms with E-state index in [1.165, 1.54) is 6.92 Å². The Morgan fingerprint density at radius 2 is 2.31 bits per heavy atom. The number of ether oxygens (including phenoxy) is 1. The molecule has 1 aromatic rings. The normalized spacial score (nSPS) is 12.5. The minimum absolute atomic E-state index is 0.0630. The van der Waals surface area contributed by atoms with Crippen LogP contribution in [0, 0.1) is 0 Å². The number of methoxy groups -OCH3 is 1. The van der Waals surface area contributed by atoms with Crippen molar-refractivity contribution in [2.24, 2.45) is 0 Å². The summed E-state index contributed by atoms with van der Waals surface area (Å²) in [4.78, 5) is 19.0. The lowest BCUT2D eigenvalue weighted by Gasteiger charge is -2.07. The third-order valence-corrected chi connectivity index (χ3v) is 1.75. The highest BCUT2D eigenvalue weighted by molar-refractivity contribution is 5.91. The van der Waals surface area contributed by atoms with Crippen molar-refractivity contribution < 1.29 is 9.53 Å². The molecule has 0 aliphatic rings. The van der Waals surface area contributed by atoms with E-state index in [1.54, 1.807) is 19.4 Å². The molecule has 0 fully saturated rings. The van der Waals surface area contributed by atoms with Gasteiger partial charge in [0.2, 0.25) is 0 Å². The topological polar surface area (TPSA) is 52.1 Å². The molecule has 0 saturated heterocycles. The molecule has 0 spiro atoms. The molecule has 1 aromatic heterocycles. The van der Waals surface area contributed by atoms with Crippen LogP contribution in [0.3, 0.4) is 0 Å². The number of carbonyl (C=O) groups excluding carboxylic acids is 1. The maximum atomic E-state index is 11.0. The second kappa shape index (κ2) is 4.09. The molecule has 0 aromatic carbocycles. The quantitative estimate of drug-likeness (QED) is 0.659. The summed E-state index contributed by atoms with van der Waals surface area (Å²) in [7, 11) is 1.58. The highest BCUT2D eigenvalue weighted by Crippen LogP contribution is 2.10. The number of nitrogens with zero attached hydrogens (tertiary/aromatic N) is 2. The van der Waals surface area contributed by atoms with Gasteiger partial charge in [-0.2, -0.15) is 0 Å². The van der Waals surface area contributed by atoms with Crippen LogP contribution in [0.1, 0.15) is 36.3 Å². The van der Waals surface area contributed by atoms with Gasteiger partial charge in [-0.05, 0) is 13.0 Å². The number of carbonyl (C=O) groups is 1. The molecule has 1 rings (SSSR count). The lowest BCUT2D eigenvalue weighted by Crippen LogP contribution is -2.06. The van der Waals surface area contributed by atoms with Gasteiger partial charge in [0.25, 0.3) is 0 Å². The van der Waals surface area contributed by atoms with Gasteiger partial charge in [0.15, 0.2) is 11.6 Å². The molecule has 0 saturated carbocycles. The van der Waals surface area contributed by atoms with Gasteiger partial charge in [-0.3, -0.25) is 4.79 Å². The summed E-state index contributed by atoms with van der Waals surface area (Å²) in [5.41, 5.74) is 0.425. The number of ketones is 1. The average molecular weight is 180 g/mol. The zero-order valence-electron chi connectivity index (χ0n) is 7.94. The predicted molar refractivity (Wildman–Crippen MR) is 47.5 cm³/mol. The van der Waals surface area contributed by atoms with Gasteiger partial charge in [-0.1, -0.05) is 0 Å². The molecule has 0 N–H and O–H groups in total. The molecule has 1 atom stereocenters. The molecular weight excluding hydrogens is 168 g/mol. The van der Waals surface area contributed by atoms with Gasteiger partial charge in [-0.25, -0.2) is 9.97 Å². The number of aromatic nitrogens is 2. The maximum Gasteiger partial charge on any atom is 0.178 e. The van der Waals surface area contributed by atoms with Crippen molar-refractivity contribution in [3.63, 3.8) is 0 Å². The Bertz CT molecular complexity index is 312. The molecule has 0 radical (unpaired) electrons. The molecule has 0 amide bonds. The third-order valence-electron chi connectivity index (χ3n) is 1.75. The molecule has 0 aliphatic heterocycles. The Kier molecular flexibility index (Phi) is 3.08. The average Bonchev–Trinajstić information content (AvgIpc) is 2.17. The fourth-order valence-corrected chi connectivity index (χ4v) is 0.871. The van der Waals surface area contributed by atoms with E-state index >= 15 is 0 Å². The Morgan fingerprint density at radius 1 is 1.62 bits per heavy atom. The number of hydrogen-bond donors (Lipinski definition) is 0. The van der Waals surface area contributed by atoms with Crippen molar-refractivity contribution in [2.75, 3.05) is 7.11 Å². The summed E-state index contributed by atoms with van der Waals surface area (Å²) in [6.07, 6.45) is 1.38. The number of rotatable bonds is 3. The SMILES string of the molecule is COC(C)c1nccc(C(C)=O)n1. The van der Waals surface area contributed by atoms with E-state index in [0.29, 0.717) is 11.5 Å². The first-order valence-electron chi connectivity index (χ1n) is 4.02. The third kappa shape index (κ3) is 2.32. The van der Waals surface area contributed by atoms with Gasteiger partial charge in [0.05, 0.1) is 0 Å². The van der Waals surface area contributed by atoms with E-state index in [4.69, 9.17) is 4.74 Å². The standard InChI is InChI=1S/C9H12N2O2/c1-6(12)8-4-5-10-9(11-8)7(2)13-3/h4-5,7H,1-3H3. The molecule has 70 valence electrons. The van der Waals surface area contributed by atoms with Crippen LogP contribution in [-0.2, 0) is 4.74 Å². The summed E-state index contributed by atoms with van der Waals surface area (Å²) < 4.78 is 5.03. The molecule has 4 heteroatoms. The lowest BCUT2D eigenvalue weighted by molar-refractivity contribution is 0.0999. The van der Waals surface area contributed by atoms with Crippen LogP contribution >= 0.6 is 0 Å². The van der Waals surface area contributed by atoms with Crippen LogP contribution in [0.4, 0.5) is 0 Å². The second-order valence-electron chi connectivity index (χ2n) is 2.73. The van der Waals surface area contributed by atoms with Crippen molar-refractivity contribution in [3.05, 3.63) is 23.8 Å². The summed E-state index contributed by atoms with van der Waals surface area (Å²) in [6.45, 7) is 3.31. The second-order valence-corrected chi connectivity index (χ2v) is 2.73. The van der Waals surface area contributed by atoms with Crippen molar-refractivity contribution in [1.29, 1.82) is 0 Å². The number of Topliss-reactive ketones (excluding diaryl/α,β-unsaturated/α-hetero) is 1. The highest BCUT2D eigenvalue weighted by Gasteiger charge is 2.09. The molecule has 13 heavy (non-hydrogen) atoms. The van der Waals surface area contributed by atoms with Crippen molar-refractivity contribution >= 4 is 5.78 Å². The van der Waals surface area contributed by atoms with Gasteiger partial charge in [-0.15, -0.1) is 0 Å². The minimum atomic E-state index is -0.181. The summed E-state index contributed by atoms with van der Waals surface area (Å²) in [5.74, 6) is 0.474. The summed E-state index contributed by atoms with van der Waals surface area (Å²) >= 11 is 0. The summed E-state index contributed by atoms with van der Waals surface area (Å²) in [5, 5.41) is 0. The summed E-state index contributed by atoms with van der Waals surface area (Å²) in [6, 6.07) is 1.59. The van der Waals surface area contributed by atoms with E-state index < -0.39 is 0 Å². The fraction of sp³-hybridized carbons (Fsp3) is 0.444. The van der Waals surface area contributed by atoms with Gasteiger partial charge < -0.3 is 4.74 Å². The highest BCUT2D eigenvalue weighted by atomic mass is 16.5. The molecule has 1 unspecified atom stereocenters. The van der Waals surface area contributed by atoms with E-state index in [9.17, 15) is 4.79 Å². The maximum absolute atomic E-state index is 11.0. The first-order chi connectivity index (χ1) is 6.15. The van der Waals surface area contributed by atoms with Crippen molar-refractivity contribution in [2.45, 2.75) is 20.0 Å². The van der Waals surface area contributed by atoms with Crippen LogP contribution in [0.15, 0.2) is 12.3 Å². The van der Waals surface area contributed by atoms with Gasteiger partial charge >= 0.3 is 0 Å². The van der Waals surface area contributed by atoms with Crippen molar-refractivity contribution in [1.82, 2.24) is 9.97 Å². The lowest BCUT2D eigenvalue weighted by atomic mass is 10.3. The van der Waals surface area contributed by atoms with Gasteiger partial charge in [0, 0.05) is 20.2 Å². The Balaban J connectivity index is 2.98. The molecule has 0 aliphatic carbocycles. The smallest absolute Gasteiger partial charge is 0.178 e. The molecule has 4 nitrogen and oxygen atoms in total. The van der Waals surface area contributed by atoms with E-state index in [-0.39, 0.29) is 11.9 Å². The first-order valence-corrected chi connectivity index (χ1v) is 4.02. The predicted octanol–water partition coefficient (Wildman–Crippen LogP) is 1.39. The number of hydrogen-bond acceptors (Lipinski definition) is 4. The monoisotopic (exact) mass is 180 g/mol. The van der Waals surface area contributed by atoms with Crippen LogP contribution in [-0.4, -0.2) is 22.9 Å². The fourth-order valence-electron chi connectivity index (χ4n) is 0.871.